The Morgan fingerprint density at radius 2 is 1.03 bits per heavy atom. The molecule has 0 unspecified atom stereocenters. The zero-order chi connectivity index (χ0) is 20.1. The summed E-state index contributed by atoms with van der Waals surface area (Å²) in [4.78, 5) is 8.26. The maximum Gasteiger partial charge on any atom is 0.168 e. The molecule has 1 aliphatic rings. The van der Waals surface area contributed by atoms with Gasteiger partial charge in [-0.2, -0.15) is 0 Å². The second kappa shape index (κ2) is 6.41. The van der Waals surface area contributed by atoms with Gasteiger partial charge in [0.05, 0.1) is 17.3 Å². The van der Waals surface area contributed by atoms with E-state index >= 15 is 0 Å². The average molecular weight is 392 g/mol. The molecule has 0 fully saturated rings. The van der Waals surface area contributed by atoms with E-state index in [0.717, 1.165) is 45.8 Å². The Labute approximate surface area is 171 Å². The van der Waals surface area contributed by atoms with Gasteiger partial charge >= 0.3 is 0 Å². The summed E-state index contributed by atoms with van der Waals surface area (Å²) in [5, 5.41) is 18.1. The van der Waals surface area contributed by atoms with Gasteiger partial charge in [0.25, 0.3) is 0 Å². The van der Waals surface area contributed by atoms with Crippen molar-refractivity contribution in [1.82, 2.24) is 39.5 Å². The summed E-state index contributed by atoms with van der Waals surface area (Å²) in [6.07, 6.45) is 7.05. The van der Waals surface area contributed by atoms with Gasteiger partial charge in [0.2, 0.25) is 0 Å². The molecule has 1 aliphatic heterocycles. The smallest absolute Gasteiger partial charge is 0.168 e. The van der Waals surface area contributed by atoms with Gasteiger partial charge < -0.3 is 0 Å². The normalized spacial score (nSPS) is 12.7. The van der Waals surface area contributed by atoms with E-state index in [0.29, 0.717) is 0 Å². The molecule has 0 saturated carbocycles. The van der Waals surface area contributed by atoms with E-state index in [1.165, 1.54) is 0 Å². The van der Waals surface area contributed by atoms with Crippen LogP contribution in [0.2, 0.25) is 0 Å². The van der Waals surface area contributed by atoms with Gasteiger partial charge in [-0.15, -0.1) is 20.4 Å². The molecule has 4 aromatic heterocycles. The van der Waals surface area contributed by atoms with E-state index in [-0.39, 0.29) is 5.92 Å². The summed E-state index contributed by atoms with van der Waals surface area (Å²) in [6.45, 7) is 2.08. The third-order valence-corrected chi connectivity index (χ3v) is 5.39. The van der Waals surface area contributed by atoms with Crippen molar-refractivity contribution in [2.75, 3.05) is 0 Å². The second-order valence-electron chi connectivity index (χ2n) is 7.12. The lowest BCUT2D eigenvalue weighted by Gasteiger charge is -2.14. The zero-order valence-corrected chi connectivity index (χ0v) is 16.1. The van der Waals surface area contributed by atoms with Crippen molar-refractivity contribution in [2.24, 2.45) is 0 Å². The Hall–Kier alpha value is -4.20. The summed E-state index contributed by atoms with van der Waals surface area (Å²) in [7, 11) is 0. The molecule has 1 aromatic carbocycles. The van der Waals surface area contributed by atoms with E-state index in [1.54, 1.807) is 24.8 Å². The Morgan fingerprint density at radius 1 is 0.600 bits per heavy atom. The molecule has 6 rings (SSSR count). The molecule has 0 aliphatic carbocycles. The van der Waals surface area contributed by atoms with Gasteiger partial charge in [-0.3, -0.25) is 19.1 Å². The van der Waals surface area contributed by atoms with Gasteiger partial charge in [-0.05, 0) is 43.3 Å². The Morgan fingerprint density at radius 3 is 1.47 bits per heavy atom. The average Bonchev–Trinajstić information content (AvgIpc) is 3.43. The van der Waals surface area contributed by atoms with Crippen molar-refractivity contribution in [1.29, 1.82) is 0 Å². The molecule has 0 saturated heterocycles. The molecule has 5 heterocycles. The highest BCUT2D eigenvalue weighted by atomic mass is 15.3. The molecule has 8 nitrogen and oxygen atoms in total. The number of hydrogen-bond acceptors (Lipinski definition) is 6. The Balaban J connectivity index is 1.67. The number of aromatic nitrogens is 8. The van der Waals surface area contributed by atoms with Crippen LogP contribution in [0.4, 0.5) is 0 Å². The van der Waals surface area contributed by atoms with E-state index in [4.69, 9.17) is 0 Å². The molecule has 0 N–H and O–H groups in total. The minimum atomic E-state index is -0.108. The summed E-state index contributed by atoms with van der Waals surface area (Å²) in [5.74, 6) is 3.08. The molecule has 144 valence electrons. The molecule has 0 spiro atoms. The van der Waals surface area contributed by atoms with Crippen molar-refractivity contribution in [2.45, 2.75) is 12.8 Å². The lowest BCUT2D eigenvalue weighted by Crippen LogP contribution is -2.07. The standard InChI is InChI=1S/C22H16N8/c1-14-19-25-27-21(15-6-10-23-11-7-15)29(19)17-4-2-3-5-18(17)30-20(14)26-28-22(30)16-8-12-24-13-9-16/h2-14H,1H3. The monoisotopic (exact) mass is 392 g/mol. The largest absolute Gasteiger partial charge is 0.276 e. The molecular formula is C22H16N8. The van der Waals surface area contributed by atoms with E-state index < -0.39 is 0 Å². The fourth-order valence-corrected chi connectivity index (χ4v) is 3.96. The van der Waals surface area contributed by atoms with Crippen LogP contribution in [0.1, 0.15) is 24.5 Å². The number of hydrogen-bond donors (Lipinski definition) is 0. The van der Waals surface area contributed by atoms with E-state index in [9.17, 15) is 0 Å². The Bertz CT molecular complexity index is 1250. The minimum Gasteiger partial charge on any atom is -0.276 e. The molecule has 0 atom stereocenters. The van der Waals surface area contributed by atoms with Crippen molar-refractivity contribution in [3.8, 4) is 34.2 Å². The first kappa shape index (κ1) is 16.7. The fraction of sp³-hybridized carbons (Fsp3) is 0.0909. The van der Waals surface area contributed by atoms with Crippen LogP contribution in [0.25, 0.3) is 34.2 Å². The number of pyridine rings is 2. The summed E-state index contributed by atoms with van der Waals surface area (Å²) in [5.41, 5.74) is 3.87. The van der Waals surface area contributed by atoms with Gasteiger partial charge in [-0.25, -0.2) is 0 Å². The van der Waals surface area contributed by atoms with Crippen LogP contribution in [0, 0.1) is 0 Å². The van der Waals surface area contributed by atoms with Crippen molar-refractivity contribution in [3.05, 3.63) is 85.0 Å². The molecule has 8 heteroatoms. The van der Waals surface area contributed by atoms with Crippen molar-refractivity contribution in [3.63, 3.8) is 0 Å². The molecule has 0 radical (unpaired) electrons. The van der Waals surface area contributed by atoms with Gasteiger partial charge in [0, 0.05) is 35.9 Å². The first-order chi connectivity index (χ1) is 14.8. The zero-order valence-electron chi connectivity index (χ0n) is 16.1. The van der Waals surface area contributed by atoms with Crippen LogP contribution in [-0.4, -0.2) is 39.5 Å². The van der Waals surface area contributed by atoms with Crippen molar-refractivity contribution < 1.29 is 0 Å². The lowest BCUT2D eigenvalue weighted by molar-refractivity contribution is 0.730. The summed E-state index contributed by atoms with van der Waals surface area (Å²) < 4.78 is 4.22. The second-order valence-corrected chi connectivity index (χ2v) is 7.12. The molecule has 0 amide bonds. The highest BCUT2D eigenvalue weighted by Gasteiger charge is 2.32. The van der Waals surface area contributed by atoms with Gasteiger partial charge in [-0.1, -0.05) is 12.1 Å². The number of para-hydroxylation sites is 2. The maximum atomic E-state index is 4.56. The molecule has 0 bridgehead atoms. The van der Waals surface area contributed by atoms with E-state index in [1.807, 2.05) is 36.4 Å². The Kier molecular flexibility index (Phi) is 3.58. The minimum absolute atomic E-state index is 0.108. The summed E-state index contributed by atoms with van der Waals surface area (Å²) in [6, 6.07) is 16.0. The quantitative estimate of drug-likeness (QED) is 0.457. The van der Waals surface area contributed by atoms with Crippen LogP contribution < -0.4 is 0 Å². The SMILES string of the molecule is CC1c2nnc(-c3ccncc3)n2-c2ccccc2-n2c(-c3ccncc3)nnc21. The maximum absolute atomic E-state index is 4.56. The molecule has 30 heavy (non-hydrogen) atoms. The molecular weight excluding hydrogens is 376 g/mol. The highest BCUT2D eigenvalue weighted by molar-refractivity contribution is 5.67. The number of fused-ring (bicyclic) bond motifs is 5. The topological polar surface area (TPSA) is 87.2 Å². The third kappa shape index (κ3) is 2.33. The fourth-order valence-electron chi connectivity index (χ4n) is 3.96. The first-order valence-electron chi connectivity index (χ1n) is 9.64. The molecule has 5 aromatic rings. The number of nitrogens with zero attached hydrogens (tertiary/aromatic N) is 8. The lowest BCUT2D eigenvalue weighted by atomic mass is 10.1. The van der Waals surface area contributed by atoms with E-state index in [2.05, 4.69) is 58.6 Å². The number of rotatable bonds is 2. The summed E-state index contributed by atoms with van der Waals surface area (Å²) >= 11 is 0. The van der Waals surface area contributed by atoms with Crippen LogP contribution >= 0.6 is 0 Å². The number of benzene rings is 1. The first-order valence-corrected chi connectivity index (χ1v) is 9.64. The van der Waals surface area contributed by atoms with Crippen LogP contribution in [0.15, 0.2) is 73.3 Å². The van der Waals surface area contributed by atoms with Gasteiger partial charge in [0.1, 0.15) is 11.6 Å². The van der Waals surface area contributed by atoms with Crippen LogP contribution in [-0.2, 0) is 0 Å². The third-order valence-electron chi connectivity index (χ3n) is 5.39. The predicted octanol–water partition coefficient (Wildman–Crippen LogP) is 3.44. The van der Waals surface area contributed by atoms with Crippen LogP contribution in [0.3, 0.4) is 0 Å². The van der Waals surface area contributed by atoms with Crippen LogP contribution in [0.5, 0.6) is 0 Å². The predicted molar refractivity (Wildman–Crippen MR) is 110 cm³/mol. The highest BCUT2D eigenvalue weighted by Crippen LogP contribution is 2.38. The van der Waals surface area contributed by atoms with Gasteiger partial charge in [0.15, 0.2) is 11.6 Å². The van der Waals surface area contributed by atoms with Crippen molar-refractivity contribution >= 4 is 0 Å².